The summed E-state index contributed by atoms with van der Waals surface area (Å²) in [5.74, 6) is 3.04. The third-order valence-corrected chi connectivity index (χ3v) is 5.15. The summed E-state index contributed by atoms with van der Waals surface area (Å²) in [7, 11) is 0. The van der Waals surface area contributed by atoms with Gasteiger partial charge in [0.15, 0.2) is 18.1 Å². The molecule has 1 atom stereocenters. The van der Waals surface area contributed by atoms with Gasteiger partial charge >= 0.3 is 0 Å². The van der Waals surface area contributed by atoms with Crippen LogP contribution in [0.1, 0.15) is 36.4 Å². The van der Waals surface area contributed by atoms with E-state index in [2.05, 4.69) is 20.0 Å². The smallest absolute Gasteiger partial charge is 0.240 e. The van der Waals surface area contributed by atoms with Crippen molar-refractivity contribution in [1.29, 1.82) is 0 Å². The number of ether oxygens (including phenoxy) is 1. The van der Waals surface area contributed by atoms with E-state index in [9.17, 15) is 0 Å². The van der Waals surface area contributed by atoms with Gasteiger partial charge in [-0.1, -0.05) is 35.5 Å². The van der Waals surface area contributed by atoms with Crippen LogP contribution in [0.2, 0.25) is 0 Å². The van der Waals surface area contributed by atoms with Crippen LogP contribution in [0.5, 0.6) is 5.75 Å². The predicted octanol–water partition coefficient (Wildman–Crippen LogP) is 4.17. The molecule has 1 aliphatic heterocycles. The summed E-state index contributed by atoms with van der Waals surface area (Å²) in [6.45, 7) is 2.77. The van der Waals surface area contributed by atoms with Gasteiger partial charge < -0.3 is 13.7 Å². The fourth-order valence-electron chi connectivity index (χ4n) is 3.73. The van der Waals surface area contributed by atoms with Gasteiger partial charge in [0.05, 0.1) is 6.54 Å². The third-order valence-electron chi connectivity index (χ3n) is 5.15. The number of rotatable bonds is 6. The maximum absolute atomic E-state index is 5.98. The summed E-state index contributed by atoms with van der Waals surface area (Å²) in [6, 6.07) is 17.5. The molecule has 1 aliphatic rings. The second-order valence-electron chi connectivity index (χ2n) is 7.30. The van der Waals surface area contributed by atoms with E-state index in [0.717, 1.165) is 48.7 Å². The normalized spacial score (nSPS) is 17.6. The summed E-state index contributed by atoms with van der Waals surface area (Å²) in [5.41, 5.74) is 1.76. The van der Waals surface area contributed by atoms with Crippen molar-refractivity contribution >= 4 is 11.1 Å². The highest BCUT2D eigenvalue weighted by molar-refractivity contribution is 5.72. The Morgan fingerprint density at radius 2 is 1.90 bits per heavy atom. The van der Waals surface area contributed by atoms with E-state index in [1.807, 2.05) is 54.6 Å². The van der Waals surface area contributed by atoms with E-state index >= 15 is 0 Å². The number of para-hydroxylation sites is 3. The zero-order chi connectivity index (χ0) is 19.5. The molecule has 0 N–H and O–H groups in total. The molecule has 2 aromatic carbocycles. The number of oxazole rings is 1. The maximum Gasteiger partial charge on any atom is 0.240 e. The van der Waals surface area contributed by atoms with Gasteiger partial charge in [-0.2, -0.15) is 4.98 Å². The van der Waals surface area contributed by atoms with E-state index in [4.69, 9.17) is 13.7 Å². The van der Waals surface area contributed by atoms with Crippen molar-refractivity contribution in [3.8, 4) is 5.75 Å². The molecule has 0 saturated carbocycles. The Balaban J connectivity index is 1.20. The molecule has 3 heterocycles. The van der Waals surface area contributed by atoms with E-state index in [0.29, 0.717) is 24.9 Å². The van der Waals surface area contributed by atoms with Crippen molar-refractivity contribution in [2.24, 2.45) is 0 Å². The van der Waals surface area contributed by atoms with Crippen molar-refractivity contribution in [1.82, 2.24) is 20.0 Å². The summed E-state index contributed by atoms with van der Waals surface area (Å²) < 4.78 is 17.1. The second-order valence-corrected chi connectivity index (χ2v) is 7.30. The SMILES string of the molecule is c1ccc(OCc2noc(CN3CCC[C@H](c4nc5ccccc5o4)C3)n2)cc1. The molecule has 5 rings (SSSR count). The zero-order valence-electron chi connectivity index (χ0n) is 16.0. The molecule has 29 heavy (non-hydrogen) atoms. The highest BCUT2D eigenvalue weighted by Gasteiger charge is 2.26. The van der Waals surface area contributed by atoms with E-state index in [-0.39, 0.29) is 5.92 Å². The fourth-order valence-corrected chi connectivity index (χ4v) is 3.73. The van der Waals surface area contributed by atoms with Crippen LogP contribution >= 0.6 is 0 Å². The van der Waals surface area contributed by atoms with E-state index in [1.54, 1.807) is 0 Å². The van der Waals surface area contributed by atoms with E-state index < -0.39 is 0 Å². The molecule has 0 bridgehead atoms. The predicted molar refractivity (Wildman–Crippen MR) is 106 cm³/mol. The van der Waals surface area contributed by atoms with Gasteiger partial charge in [-0.05, 0) is 43.7 Å². The van der Waals surface area contributed by atoms with Crippen molar-refractivity contribution in [3.05, 3.63) is 72.2 Å². The van der Waals surface area contributed by atoms with Crippen LogP contribution in [-0.2, 0) is 13.2 Å². The summed E-state index contributed by atoms with van der Waals surface area (Å²) in [4.78, 5) is 11.5. The molecule has 7 heteroatoms. The van der Waals surface area contributed by atoms with Crippen LogP contribution in [-0.4, -0.2) is 33.1 Å². The van der Waals surface area contributed by atoms with Crippen molar-refractivity contribution in [2.75, 3.05) is 13.1 Å². The monoisotopic (exact) mass is 390 g/mol. The standard InChI is InChI=1S/C22H22N4O3/c1-2-8-17(9-3-1)27-15-20-24-21(29-25-20)14-26-12-6-7-16(13-26)22-23-18-10-4-5-11-19(18)28-22/h1-5,8-11,16H,6-7,12-15H2/t16-/m0/s1. The lowest BCUT2D eigenvalue weighted by Crippen LogP contribution is -2.34. The van der Waals surface area contributed by atoms with Gasteiger partial charge in [0.25, 0.3) is 0 Å². The summed E-state index contributed by atoms with van der Waals surface area (Å²) >= 11 is 0. The summed E-state index contributed by atoms with van der Waals surface area (Å²) in [5, 5.41) is 4.03. The number of fused-ring (bicyclic) bond motifs is 1. The lowest BCUT2D eigenvalue weighted by atomic mass is 9.98. The van der Waals surface area contributed by atoms with Gasteiger partial charge in [-0.15, -0.1) is 0 Å². The number of hydrogen-bond acceptors (Lipinski definition) is 7. The number of benzene rings is 2. The van der Waals surface area contributed by atoms with Gasteiger partial charge in [-0.3, -0.25) is 4.90 Å². The van der Waals surface area contributed by atoms with Crippen LogP contribution in [0.25, 0.3) is 11.1 Å². The van der Waals surface area contributed by atoms with Crippen LogP contribution in [0, 0.1) is 0 Å². The van der Waals surface area contributed by atoms with Crippen molar-refractivity contribution < 1.29 is 13.7 Å². The van der Waals surface area contributed by atoms with Crippen molar-refractivity contribution in [2.45, 2.75) is 31.9 Å². The largest absolute Gasteiger partial charge is 0.485 e. The highest BCUT2D eigenvalue weighted by Crippen LogP contribution is 2.29. The molecule has 4 aromatic rings. The first-order valence-corrected chi connectivity index (χ1v) is 9.90. The molecule has 0 aliphatic carbocycles. The first-order valence-electron chi connectivity index (χ1n) is 9.90. The Morgan fingerprint density at radius 3 is 2.79 bits per heavy atom. The molecule has 0 unspecified atom stereocenters. The minimum absolute atomic E-state index is 0.278. The van der Waals surface area contributed by atoms with Crippen LogP contribution in [0.15, 0.2) is 63.5 Å². The van der Waals surface area contributed by atoms with Gasteiger partial charge in [-0.25, -0.2) is 4.98 Å². The molecular weight excluding hydrogens is 368 g/mol. The maximum atomic E-state index is 5.98. The Labute approximate surface area is 168 Å². The third kappa shape index (κ3) is 4.14. The van der Waals surface area contributed by atoms with Crippen LogP contribution < -0.4 is 4.74 Å². The molecule has 0 spiro atoms. The summed E-state index contributed by atoms with van der Waals surface area (Å²) in [6.07, 6.45) is 2.16. The minimum atomic E-state index is 0.278. The Bertz CT molecular complexity index is 1040. The molecular formula is C22H22N4O3. The number of piperidine rings is 1. The van der Waals surface area contributed by atoms with Crippen LogP contribution in [0.4, 0.5) is 0 Å². The lowest BCUT2D eigenvalue weighted by molar-refractivity contribution is 0.167. The minimum Gasteiger partial charge on any atom is -0.485 e. The lowest BCUT2D eigenvalue weighted by Gasteiger charge is -2.29. The average molecular weight is 390 g/mol. The number of aromatic nitrogens is 3. The Hall–Kier alpha value is -3.19. The topological polar surface area (TPSA) is 77.4 Å². The first kappa shape index (κ1) is 17.9. The quantitative estimate of drug-likeness (QED) is 0.489. The molecule has 2 aromatic heterocycles. The Morgan fingerprint density at radius 1 is 1.03 bits per heavy atom. The molecule has 1 fully saturated rings. The highest BCUT2D eigenvalue weighted by atomic mass is 16.5. The molecule has 0 amide bonds. The number of likely N-dealkylation sites (tertiary alicyclic amines) is 1. The average Bonchev–Trinajstić information content (AvgIpc) is 3.40. The molecule has 1 saturated heterocycles. The second kappa shape index (κ2) is 8.05. The van der Waals surface area contributed by atoms with Gasteiger partial charge in [0, 0.05) is 12.5 Å². The molecule has 148 valence electrons. The number of nitrogens with zero attached hydrogens (tertiary/aromatic N) is 4. The van der Waals surface area contributed by atoms with Gasteiger partial charge in [0.2, 0.25) is 11.7 Å². The zero-order valence-corrected chi connectivity index (χ0v) is 16.0. The Kier molecular flexibility index (Phi) is 4.96. The molecule has 7 nitrogen and oxygen atoms in total. The van der Waals surface area contributed by atoms with Gasteiger partial charge in [0.1, 0.15) is 11.3 Å². The molecule has 0 radical (unpaired) electrons. The van der Waals surface area contributed by atoms with E-state index in [1.165, 1.54) is 0 Å². The van der Waals surface area contributed by atoms with Crippen LogP contribution in [0.3, 0.4) is 0 Å². The number of hydrogen-bond donors (Lipinski definition) is 0. The fraction of sp³-hybridized carbons (Fsp3) is 0.318. The van der Waals surface area contributed by atoms with Crippen molar-refractivity contribution in [3.63, 3.8) is 0 Å². The first-order chi connectivity index (χ1) is 14.3.